The molecule has 0 aliphatic carbocycles. The van der Waals surface area contributed by atoms with Crippen LogP contribution in [0, 0.1) is 12.8 Å². The first-order valence-corrected chi connectivity index (χ1v) is 18.0. The van der Waals surface area contributed by atoms with Gasteiger partial charge in [0.05, 0.1) is 25.3 Å². The first-order chi connectivity index (χ1) is 24.7. The van der Waals surface area contributed by atoms with Gasteiger partial charge in [0.25, 0.3) is 0 Å². The number of aliphatic hydroxyl groups excluding tert-OH is 1. The Labute approximate surface area is 308 Å². The van der Waals surface area contributed by atoms with Gasteiger partial charge >= 0.3 is 0 Å². The van der Waals surface area contributed by atoms with Gasteiger partial charge < -0.3 is 46.3 Å². The minimum Gasteiger partial charge on any atom is -0.488 e. The highest BCUT2D eigenvalue weighted by Crippen LogP contribution is 2.32. The molecule has 2 unspecified atom stereocenters. The smallest absolute Gasteiger partial charge is 0.242 e. The molecule has 3 amide bonds. The molecule has 2 aromatic carbocycles. The van der Waals surface area contributed by atoms with Crippen LogP contribution in [0.5, 0.6) is 5.75 Å². The van der Waals surface area contributed by atoms with E-state index in [-0.39, 0.29) is 44.5 Å². The van der Waals surface area contributed by atoms with Gasteiger partial charge in [0, 0.05) is 48.0 Å². The number of amides is 3. The molecule has 2 aromatic rings. The van der Waals surface area contributed by atoms with Gasteiger partial charge in [-0.3, -0.25) is 19.4 Å². The van der Waals surface area contributed by atoms with Crippen molar-refractivity contribution >= 4 is 29.2 Å². The first-order valence-electron chi connectivity index (χ1n) is 18.0. The third kappa shape index (κ3) is 14.3. The van der Waals surface area contributed by atoms with Crippen LogP contribution in [0.4, 0.5) is 5.69 Å². The van der Waals surface area contributed by atoms with E-state index in [9.17, 15) is 19.5 Å². The second-order valence-electron chi connectivity index (χ2n) is 14.0. The van der Waals surface area contributed by atoms with Crippen LogP contribution < -0.4 is 31.7 Å². The summed E-state index contributed by atoms with van der Waals surface area (Å²) in [5, 5.41) is 21.8. The molecule has 1 heterocycles. The van der Waals surface area contributed by atoms with Gasteiger partial charge in [-0.2, -0.15) is 0 Å². The topological polar surface area (TPSA) is 186 Å². The molecule has 286 valence electrons. The first kappa shape index (κ1) is 42.0. The molecule has 4 atom stereocenters. The molecule has 1 aliphatic heterocycles. The minimum absolute atomic E-state index is 0.00855. The summed E-state index contributed by atoms with van der Waals surface area (Å²) in [6, 6.07) is 14.7. The Hall–Kier alpha value is -4.46. The largest absolute Gasteiger partial charge is 0.488 e. The number of amidine groups is 1. The number of hydrogen-bond donors (Lipinski definition) is 6. The number of nitrogens with zero attached hydrogens (tertiary/aromatic N) is 1. The highest BCUT2D eigenvalue weighted by Gasteiger charge is 2.33. The van der Waals surface area contributed by atoms with Gasteiger partial charge in [-0.25, -0.2) is 0 Å². The fourth-order valence-electron chi connectivity index (χ4n) is 5.52. The van der Waals surface area contributed by atoms with E-state index in [0.717, 1.165) is 47.5 Å². The summed E-state index contributed by atoms with van der Waals surface area (Å²) in [7, 11) is 0. The van der Waals surface area contributed by atoms with Crippen LogP contribution in [0.3, 0.4) is 0 Å². The second kappa shape index (κ2) is 20.5. The zero-order chi connectivity index (χ0) is 38.3. The zero-order valence-corrected chi connectivity index (χ0v) is 31.7. The summed E-state index contributed by atoms with van der Waals surface area (Å²) in [6.45, 7) is 13.3. The van der Waals surface area contributed by atoms with Crippen LogP contribution in [0.25, 0.3) is 0 Å². The van der Waals surface area contributed by atoms with Crippen molar-refractivity contribution in [3.8, 4) is 5.75 Å². The van der Waals surface area contributed by atoms with E-state index in [1.165, 1.54) is 0 Å². The number of rotatable bonds is 20. The number of primary amides is 1. The molecule has 0 saturated carbocycles. The molecule has 0 bridgehead atoms. The van der Waals surface area contributed by atoms with Crippen molar-refractivity contribution in [2.24, 2.45) is 16.6 Å². The number of anilines is 1. The Morgan fingerprint density at radius 2 is 1.87 bits per heavy atom. The predicted octanol–water partition coefficient (Wildman–Crippen LogP) is 4.60. The number of hydrogen-bond acceptors (Lipinski definition) is 9. The van der Waals surface area contributed by atoms with Crippen LogP contribution in [0.2, 0.25) is 0 Å². The number of carbonyl (C=O) groups excluding carboxylic acids is 3. The summed E-state index contributed by atoms with van der Waals surface area (Å²) in [6.07, 6.45) is 2.24. The molecule has 13 heteroatoms. The molecule has 0 spiro atoms. The zero-order valence-electron chi connectivity index (χ0n) is 31.7. The number of allylic oxidation sites excluding steroid dienone is 2. The molecule has 52 heavy (non-hydrogen) atoms. The van der Waals surface area contributed by atoms with Gasteiger partial charge in [-0.05, 0) is 70.9 Å². The minimum atomic E-state index is -0.691. The summed E-state index contributed by atoms with van der Waals surface area (Å²) in [4.78, 5) is 42.2. The Bertz CT molecular complexity index is 1560. The Kier molecular flexibility index (Phi) is 16.6. The number of aliphatic hydroxyl groups is 1. The van der Waals surface area contributed by atoms with Crippen molar-refractivity contribution in [3.05, 3.63) is 71.1 Å². The molecular formula is C39H58N6O7. The van der Waals surface area contributed by atoms with Crippen molar-refractivity contribution in [3.63, 3.8) is 0 Å². The number of nitrogens with one attached hydrogen (secondary N) is 4. The summed E-state index contributed by atoms with van der Waals surface area (Å²) in [5.41, 5.74) is 8.97. The van der Waals surface area contributed by atoms with E-state index in [2.05, 4.69) is 33.2 Å². The highest BCUT2D eigenvalue weighted by atomic mass is 16.7. The Balaban J connectivity index is 1.90. The number of nitrogens with two attached hydrogens (primary N) is 1. The third-order valence-electron chi connectivity index (χ3n) is 8.65. The van der Waals surface area contributed by atoms with Crippen molar-refractivity contribution in [2.45, 2.75) is 105 Å². The second-order valence-corrected chi connectivity index (χ2v) is 14.0. The van der Waals surface area contributed by atoms with Gasteiger partial charge in [-0.15, -0.1) is 0 Å². The van der Waals surface area contributed by atoms with E-state index in [0.29, 0.717) is 18.0 Å². The average Bonchev–Trinajstić information content (AvgIpc) is 3.56. The maximum Gasteiger partial charge on any atom is 0.242 e. The van der Waals surface area contributed by atoms with Gasteiger partial charge in [0.1, 0.15) is 23.7 Å². The fourth-order valence-corrected chi connectivity index (χ4v) is 5.52. The van der Waals surface area contributed by atoms with E-state index in [4.69, 9.17) is 19.9 Å². The monoisotopic (exact) mass is 722 g/mol. The molecule has 3 rings (SSSR count). The standard InChI is InChI=1S/C39H58N6O7/c1-8-9-13-26(3)37(49)45-33(21-32-24-50-38(51-32)29-14-11-16-31(20-29)52-39(6,7)17-18-46)36(42-23-35(48)41-22-34(40)47)44-28(5)27(4)43-30-15-10-12-25(2)19-30/h10-12,14-16,19-20,26,32-33,38,43,46H,8-9,13,17-18,21-24H2,1-7H3,(H2,40,47)(H,41,48)(H,42,44)(H,45,49)/b28-27-/t26?,32-,33+,38?/m1/s1. The average molecular weight is 723 g/mol. The lowest BCUT2D eigenvalue weighted by molar-refractivity contribution is -0.125. The lowest BCUT2D eigenvalue weighted by Crippen LogP contribution is -2.50. The van der Waals surface area contributed by atoms with Crippen LogP contribution in [-0.4, -0.2) is 72.7 Å². The third-order valence-corrected chi connectivity index (χ3v) is 8.65. The van der Waals surface area contributed by atoms with Crippen LogP contribution in [-0.2, 0) is 23.9 Å². The van der Waals surface area contributed by atoms with Crippen LogP contribution in [0.15, 0.2) is 64.9 Å². The van der Waals surface area contributed by atoms with Crippen molar-refractivity contribution < 1.29 is 33.7 Å². The predicted molar refractivity (Wildman–Crippen MR) is 202 cm³/mol. The number of benzene rings is 2. The number of carbonyl (C=O) groups is 3. The molecule has 0 aromatic heterocycles. The van der Waals surface area contributed by atoms with Crippen molar-refractivity contribution in [1.29, 1.82) is 0 Å². The Morgan fingerprint density at radius 1 is 1.12 bits per heavy atom. The summed E-state index contributed by atoms with van der Waals surface area (Å²) in [5.74, 6) is -0.592. The lowest BCUT2D eigenvalue weighted by Gasteiger charge is -2.27. The van der Waals surface area contributed by atoms with Gasteiger partial charge in [-0.1, -0.05) is 51.0 Å². The molecular weight excluding hydrogens is 664 g/mol. The highest BCUT2D eigenvalue weighted by molar-refractivity contribution is 5.95. The van der Waals surface area contributed by atoms with E-state index in [1.54, 1.807) is 0 Å². The lowest BCUT2D eigenvalue weighted by atomic mass is 10.0. The summed E-state index contributed by atoms with van der Waals surface area (Å²) >= 11 is 0. The quantitative estimate of drug-likeness (QED) is 0.0840. The number of unbranched alkanes of at least 4 members (excludes halogenated alkanes) is 1. The molecule has 13 nitrogen and oxygen atoms in total. The number of aryl methyl sites for hydroxylation is 1. The molecule has 1 aliphatic rings. The van der Waals surface area contributed by atoms with E-state index >= 15 is 0 Å². The fraction of sp³-hybridized carbons (Fsp3) is 0.538. The number of ether oxygens (including phenoxy) is 3. The van der Waals surface area contributed by atoms with Gasteiger partial charge in [0.2, 0.25) is 17.7 Å². The maximum atomic E-state index is 13.6. The molecule has 1 saturated heterocycles. The van der Waals surface area contributed by atoms with E-state index in [1.807, 2.05) is 90.1 Å². The molecule has 1 fully saturated rings. The SMILES string of the molecule is CCCCC(C)C(=O)N[C@@H](C[C@@H]1COC(c2cccc(OC(C)(C)CCO)c2)O1)C(=NCC(=O)NCC(N)=O)N/C(C)=C(/C)Nc1cccc(C)c1. The number of aliphatic imine (C=N–C) groups is 1. The normalized spacial score (nSPS) is 17.8. The maximum absolute atomic E-state index is 13.6. The van der Waals surface area contributed by atoms with Crippen LogP contribution in [0.1, 0.15) is 91.1 Å². The molecule has 7 N–H and O–H groups in total. The van der Waals surface area contributed by atoms with Crippen molar-refractivity contribution in [2.75, 3.05) is 31.6 Å². The van der Waals surface area contributed by atoms with Crippen LogP contribution >= 0.6 is 0 Å². The summed E-state index contributed by atoms with van der Waals surface area (Å²) < 4.78 is 18.6. The van der Waals surface area contributed by atoms with Crippen molar-refractivity contribution in [1.82, 2.24) is 16.0 Å². The molecule has 0 radical (unpaired) electrons. The Morgan fingerprint density at radius 3 is 2.56 bits per heavy atom. The van der Waals surface area contributed by atoms with E-state index < -0.39 is 35.9 Å². The van der Waals surface area contributed by atoms with Gasteiger partial charge in [0.15, 0.2) is 6.29 Å².